The third kappa shape index (κ3) is 3.54. The molecule has 0 aromatic heterocycles. The molecule has 0 aliphatic rings. The van der Waals surface area contributed by atoms with Crippen LogP contribution in [0.15, 0.2) is 30.3 Å². The lowest BCUT2D eigenvalue weighted by Gasteiger charge is -2.21. The fourth-order valence-corrected chi connectivity index (χ4v) is 2.24. The number of nitrogens with zero attached hydrogens (tertiary/aromatic N) is 2. The Morgan fingerprint density at radius 3 is 2.67 bits per heavy atom. The zero-order chi connectivity index (χ0) is 11.1. The van der Waals surface area contributed by atoms with Crippen LogP contribution in [0.3, 0.4) is 0 Å². The number of thioether (sulfide) groups is 1. The number of benzene rings is 1. The summed E-state index contributed by atoms with van der Waals surface area (Å²) in [7, 11) is 0. The van der Waals surface area contributed by atoms with E-state index in [1.807, 2.05) is 42.2 Å². The molecule has 1 aromatic carbocycles. The van der Waals surface area contributed by atoms with E-state index in [0.717, 1.165) is 15.8 Å². The Kier molecular flexibility index (Phi) is 5.16. The summed E-state index contributed by atoms with van der Waals surface area (Å²) < 4.78 is 0.755. The van der Waals surface area contributed by atoms with E-state index in [1.54, 1.807) is 11.8 Å². The topological polar surface area (TPSA) is 27.0 Å². The van der Waals surface area contributed by atoms with Crippen molar-refractivity contribution in [2.75, 3.05) is 17.2 Å². The first-order valence-electron chi connectivity index (χ1n) is 4.66. The summed E-state index contributed by atoms with van der Waals surface area (Å²) in [6.07, 6.45) is 0. The average molecular weight is 236 g/mol. The van der Waals surface area contributed by atoms with Crippen LogP contribution in [0.25, 0.3) is 0 Å². The molecule has 0 aliphatic carbocycles. The zero-order valence-corrected chi connectivity index (χ0v) is 10.1. The Hall–Kier alpha value is -1.05. The molecule has 0 bridgehead atoms. The van der Waals surface area contributed by atoms with E-state index in [2.05, 4.69) is 6.07 Å². The number of rotatable bonds is 3. The summed E-state index contributed by atoms with van der Waals surface area (Å²) >= 11 is 6.84. The van der Waals surface area contributed by atoms with E-state index in [1.165, 1.54) is 0 Å². The van der Waals surface area contributed by atoms with Crippen LogP contribution >= 0.6 is 24.0 Å². The number of thiocarbonyl (C=S) groups is 1. The minimum absolute atomic E-state index is 0.301. The molecule has 0 amide bonds. The van der Waals surface area contributed by atoms with E-state index < -0.39 is 0 Å². The van der Waals surface area contributed by atoms with Crippen LogP contribution in [0.5, 0.6) is 0 Å². The third-order valence-corrected chi connectivity index (χ3v) is 3.11. The van der Waals surface area contributed by atoms with Gasteiger partial charge < -0.3 is 4.90 Å². The Morgan fingerprint density at radius 2 is 2.13 bits per heavy atom. The summed E-state index contributed by atoms with van der Waals surface area (Å²) in [5.41, 5.74) is 0.977. The molecular weight excluding hydrogens is 224 g/mol. The molecule has 0 saturated heterocycles. The maximum absolute atomic E-state index is 8.75. The highest BCUT2D eigenvalue weighted by Crippen LogP contribution is 2.18. The molecule has 1 aromatic rings. The molecule has 2 nitrogen and oxygen atoms in total. The van der Waals surface area contributed by atoms with Gasteiger partial charge in [0.15, 0.2) is 0 Å². The van der Waals surface area contributed by atoms with Crippen LogP contribution in [0.2, 0.25) is 0 Å². The van der Waals surface area contributed by atoms with Crippen LogP contribution in [-0.4, -0.2) is 16.6 Å². The first-order valence-corrected chi connectivity index (χ1v) is 6.05. The molecule has 0 atom stereocenters. The highest BCUT2D eigenvalue weighted by molar-refractivity contribution is 8.23. The Morgan fingerprint density at radius 1 is 1.47 bits per heavy atom. The van der Waals surface area contributed by atoms with Gasteiger partial charge in [-0.3, -0.25) is 0 Å². The van der Waals surface area contributed by atoms with E-state index in [9.17, 15) is 0 Å². The second-order valence-electron chi connectivity index (χ2n) is 2.78. The van der Waals surface area contributed by atoms with Crippen molar-refractivity contribution < 1.29 is 0 Å². The van der Waals surface area contributed by atoms with Gasteiger partial charge in [-0.2, -0.15) is 5.26 Å². The molecule has 0 aliphatic heterocycles. The Bertz CT molecular complexity index is 357. The second kappa shape index (κ2) is 6.44. The molecule has 0 saturated carbocycles. The molecule has 0 unspecified atom stereocenters. The number of nitriles is 1. The van der Waals surface area contributed by atoms with Gasteiger partial charge in [0, 0.05) is 5.69 Å². The summed E-state index contributed by atoms with van der Waals surface area (Å²) in [4.78, 5) is 1.85. The maximum atomic E-state index is 8.75. The lowest BCUT2D eigenvalue weighted by molar-refractivity contribution is 1.17. The average Bonchev–Trinajstić information content (AvgIpc) is 2.27. The largest absolute Gasteiger partial charge is 0.313 e. The van der Waals surface area contributed by atoms with E-state index in [-0.39, 0.29) is 0 Å². The van der Waals surface area contributed by atoms with E-state index >= 15 is 0 Å². The van der Waals surface area contributed by atoms with Crippen molar-refractivity contribution in [3.8, 4) is 6.07 Å². The number of hydrogen-bond donors (Lipinski definition) is 0. The van der Waals surface area contributed by atoms with Gasteiger partial charge in [0.25, 0.3) is 0 Å². The van der Waals surface area contributed by atoms with Gasteiger partial charge in [-0.1, -0.05) is 49.1 Å². The van der Waals surface area contributed by atoms with Gasteiger partial charge >= 0.3 is 0 Å². The normalized spacial score (nSPS) is 9.33. The molecule has 0 heterocycles. The molecule has 0 radical (unpaired) electrons. The van der Waals surface area contributed by atoms with Crippen molar-refractivity contribution in [1.29, 1.82) is 5.26 Å². The summed E-state index contributed by atoms with van der Waals surface area (Å²) in [5, 5.41) is 8.75. The zero-order valence-electron chi connectivity index (χ0n) is 8.51. The van der Waals surface area contributed by atoms with Crippen LogP contribution in [-0.2, 0) is 0 Å². The summed E-state index contributed by atoms with van der Waals surface area (Å²) in [6.45, 7) is 2.35. The van der Waals surface area contributed by atoms with Crippen molar-refractivity contribution >= 4 is 34.0 Å². The highest BCUT2D eigenvalue weighted by Gasteiger charge is 2.10. The van der Waals surface area contributed by atoms with Crippen LogP contribution < -0.4 is 4.90 Å². The lowest BCUT2D eigenvalue weighted by Crippen LogP contribution is -2.27. The van der Waals surface area contributed by atoms with Crippen molar-refractivity contribution in [2.24, 2.45) is 0 Å². The molecule has 0 N–H and O–H groups in total. The SMILES string of the molecule is CCSC(=S)N(CC#N)c1ccccc1. The van der Waals surface area contributed by atoms with Gasteiger partial charge in [0.2, 0.25) is 0 Å². The molecular formula is C11H12N2S2. The smallest absolute Gasteiger partial charge is 0.141 e. The second-order valence-corrected chi connectivity index (χ2v) is 4.68. The molecule has 4 heteroatoms. The van der Waals surface area contributed by atoms with E-state index in [0.29, 0.717) is 6.54 Å². The molecule has 0 fully saturated rings. The molecule has 15 heavy (non-hydrogen) atoms. The first-order chi connectivity index (χ1) is 7.29. The van der Waals surface area contributed by atoms with Gasteiger partial charge in [0.1, 0.15) is 10.9 Å². The highest BCUT2D eigenvalue weighted by atomic mass is 32.2. The van der Waals surface area contributed by atoms with Gasteiger partial charge in [-0.05, 0) is 17.9 Å². The maximum Gasteiger partial charge on any atom is 0.141 e. The van der Waals surface area contributed by atoms with Crippen LogP contribution in [0.1, 0.15) is 6.92 Å². The lowest BCUT2D eigenvalue weighted by atomic mass is 10.3. The monoisotopic (exact) mass is 236 g/mol. The van der Waals surface area contributed by atoms with Gasteiger partial charge in [0.05, 0.1) is 6.07 Å². The van der Waals surface area contributed by atoms with Crippen molar-refractivity contribution in [3.05, 3.63) is 30.3 Å². The molecule has 1 rings (SSSR count). The summed E-state index contributed by atoms with van der Waals surface area (Å²) in [6, 6.07) is 11.9. The fourth-order valence-electron chi connectivity index (χ4n) is 1.14. The van der Waals surface area contributed by atoms with E-state index in [4.69, 9.17) is 17.5 Å². The molecule has 0 spiro atoms. The minimum atomic E-state index is 0.301. The summed E-state index contributed by atoms with van der Waals surface area (Å²) in [5.74, 6) is 0.924. The first kappa shape index (κ1) is 12.0. The van der Waals surface area contributed by atoms with Crippen molar-refractivity contribution in [3.63, 3.8) is 0 Å². The fraction of sp³-hybridized carbons (Fsp3) is 0.273. The Balaban J connectivity index is 2.84. The number of anilines is 1. The van der Waals surface area contributed by atoms with Gasteiger partial charge in [-0.15, -0.1) is 0 Å². The number of para-hydroxylation sites is 1. The minimum Gasteiger partial charge on any atom is -0.313 e. The standard InChI is InChI=1S/C11H12N2S2/c1-2-15-11(14)13(9-8-12)10-6-4-3-5-7-10/h3-7H,2,9H2,1H3. The van der Waals surface area contributed by atoms with Gasteiger partial charge in [-0.25, -0.2) is 0 Å². The molecule has 78 valence electrons. The van der Waals surface area contributed by atoms with Crippen LogP contribution in [0, 0.1) is 11.3 Å². The predicted octanol–water partition coefficient (Wildman–Crippen LogP) is 3.05. The predicted molar refractivity (Wildman–Crippen MR) is 70.1 cm³/mol. The number of hydrogen-bond acceptors (Lipinski definition) is 3. The van der Waals surface area contributed by atoms with Crippen LogP contribution in [0.4, 0.5) is 5.69 Å². The third-order valence-electron chi connectivity index (χ3n) is 1.78. The van der Waals surface area contributed by atoms with Crippen molar-refractivity contribution in [2.45, 2.75) is 6.92 Å². The Labute approximate surface area is 99.9 Å². The quantitative estimate of drug-likeness (QED) is 0.595. The van der Waals surface area contributed by atoms with Crippen molar-refractivity contribution in [1.82, 2.24) is 0 Å².